The fourth-order valence-corrected chi connectivity index (χ4v) is 2.82. The Labute approximate surface area is 123 Å². The van der Waals surface area contributed by atoms with Gasteiger partial charge >= 0.3 is 0 Å². The van der Waals surface area contributed by atoms with E-state index in [9.17, 15) is 4.79 Å². The SMILES string of the molecule is CNC(=O)C1CCCN(c2nc3ccccc3nc2N)C1. The summed E-state index contributed by atoms with van der Waals surface area (Å²) in [5, 5.41) is 2.72. The number of nitrogens with one attached hydrogen (secondary N) is 1. The number of carbonyl (C=O) groups is 1. The number of fused-ring (bicyclic) bond motifs is 1. The summed E-state index contributed by atoms with van der Waals surface area (Å²) in [4.78, 5) is 22.9. The first-order valence-corrected chi connectivity index (χ1v) is 7.18. The Morgan fingerprint density at radius 3 is 2.76 bits per heavy atom. The highest BCUT2D eigenvalue weighted by atomic mass is 16.1. The molecule has 0 spiro atoms. The van der Waals surface area contributed by atoms with Crippen LogP contribution in [0.5, 0.6) is 0 Å². The van der Waals surface area contributed by atoms with Crippen molar-refractivity contribution < 1.29 is 4.79 Å². The predicted molar refractivity (Wildman–Crippen MR) is 83.0 cm³/mol. The molecule has 1 atom stereocenters. The van der Waals surface area contributed by atoms with Crippen LogP contribution in [0.25, 0.3) is 11.0 Å². The van der Waals surface area contributed by atoms with Crippen LogP contribution in [0.1, 0.15) is 12.8 Å². The number of piperidine rings is 1. The molecule has 6 heteroatoms. The van der Waals surface area contributed by atoms with E-state index in [4.69, 9.17) is 5.73 Å². The van der Waals surface area contributed by atoms with Crippen LogP contribution in [0.2, 0.25) is 0 Å². The van der Waals surface area contributed by atoms with Gasteiger partial charge in [0.25, 0.3) is 0 Å². The smallest absolute Gasteiger partial charge is 0.224 e. The molecule has 1 fully saturated rings. The number of nitrogen functional groups attached to an aromatic ring is 1. The summed E-state index contributed by atoms with van der Waals surface area (Å²) in [6.07, 6.45) is 1.85. The number of carbonyl (C=O) groups excluding carboxylic acids is 1. The second kappa shape index (κ2) is 5.55. The van der Waals surface area contributed by atoms with Crippen LogP contribution < -0.4 is 16.0 Å². The normalized spacial score (nSPS) is 18.7. The molecule has 2 heterocycles. The van der Waals surface area contributed by atoms with Crippen LogP contribution in [-0.2, 0) is 4.79 Å². The minimum Gasteiger partial charge on any atom is -0.381 e. The van der Waals surface area contributed by atoms with Gasteiger partial charge in [-0.05, 0) is 25.0 Å². The van der Waals surface area contributed by atoms with E-state index in [2.05, 4.69) is 20.2 Å². The molecule has 1 unspecified atom stereocenters. The molecule has 0 bridgehead atoms. The number of aromatic nitrogens is 2. The lowest BCUT2D eigenvalue weighted by atomic mass is 9.97. The van der Waals surface area contributed by atoms with Gasteiger partial charge in [0.15, 0.2) is 11.6 Å². The fourth-order valence-electron chi connectivity index (χ4n) is 2.82. The van der Waals surface area contributed by atoms with E-state index < -0.39 is 0 Å². The van der Waals surface area contributed by atoms with Gasteiger partial charge in [0.2, 0.25) is 5.91 Å². The third-order valence-electron chi connectivity index (χ3n) is 3.92. The molecule has 2 aromatic rings. The summed E-state index contributed by atoms with van der Waals surface area (Å²) in [5.41, 5.74) is 7.67. The highest BCUT2D eigenvalue weighted by Crippen LogP contribution is 2.27. The molecule has 110 valence electrons. The zero-order valence-corrected chi connectivity index (χ0v) is 12.0. The number of nitrogens with two attached hydrogens (primary N) is 1. The second-order valence-corrected chi connectivity index (χ2v) is 5.32. The quantitative estimate of drug-likeness (QED) is 0.865. The summed E-state index contributed by atoms with van der Waals surface area (Å²) in [6.45, 7) is 1.49. The molecule has 3 N–H and O–H groups in total. The van der Waals surface area contributed by atoms with E-state index in [0.717, 1.165) is 30.4 Å². The summed E-state index contributed by atoms with van der Waals surface area (Å²) in [7, 11) is 1.67. The Hall–Kier alpha value is -2.37. The maximum Gasteiger partial charge on any atom is 0.224 e. The van der Waals surface area contributed by atoms with Gasteiger partial charge in [0.1, 0.15) is 0 Å². The number of amides is 1. The molecule has 0 aliphatic carbocycles. The molecule has 1 aliphatic rings. The average Bonchev–Trinajstić information content (AvgIpc) is 2.53. The van der Waals surface area contributed by atoms with E-state index in [1.807, 2.05) is 24.3 Å². The molecule has 1 saturated heterocycles. The topological polar surface area (TPSA) is 84.1 Å². The summed E-state index contributed by atoms with van der Waals surface area (Å²) >= 11 is 0. The molecule has 1 aromatic carbocycles. The lowest BCUT2D eigenvalue weighted by molar-refractivity contribution is -0.124. The van der Waals surface area contributed by atoms with Crippen molar-refractivity contribution in [1.82, 2.24) is 15.3 Å². The van der Waals surface area contributed by atoms with E-state index in [1.54, 1.807) is 7.05 Å². The van der Waals surface area contributed by atoms with Crippen LogP contribution in [0.3, 0.4) is 0 Å². The minimum atomic E-state index is -0.0172. The standard InChI is InChI=1S/C15H19N5O/c1-17-15(21)10-5-4-8-20(9-10)14-13(16)18-11-6-2-3-7-12(11)19-14/h2-3,6-7,10H,4-5,8-9H2,1H3,(H2,16,18)(H,17,21). The van der Waals surface area contributed by atoms with Crippen molar-refractivity contribution in [3.63, 3.8) is 0 Å². The van der Waals surface area contributed by atoms with Gasteiger partial charge in [-0.25, -0.2) is 9.97 Å². The van der Waals surface area contributed by atoms with Gasteiger partial charge in [-0.2, -0.15) is 0 Å². The Morgan fingerprint density at radius 1 is 1.33 bits per heavy atom. The maximum absolute atomic E-state index is 11.8. The van der Waals surface area contributed by atoms with Crippen molar-refractivity contribution >= 4 is 28.6 Å². The first-order valence-electron chi connectivity index (χ1n) is 7.18. The molecular weight excluding hydrogens is 266 g/mol. The number of rotatable bonds is 2. The lowest BCUT2D eigenvalue weighted by Gasteiger charge is -2.33. The second-order valence-electron chi connectivity index (χ2n) is 5.32. The maximum atomic E-state index is 11.8. The van der Waals surface area contributed by atoms with Gasteiger partial charge in [0.05, 0.1) is 17.0 Å². The highest BCUT2D eigenvalue weighted by Gasteiger charge is 2.27. The molecule has 3 rings (SSSR count). The van der Waals surface area contributed by atoms with E-state index in [-0.39, 0.29) is 11.8 Å². The monoisotopic (exact) mass is 285 g/mol. The Kier molecular flexibility index (Phi) is 3.60. The Bertz CT molecular complexity index is 672. The van der Waals surface area contributed by atoms with Gasteiger partial charge in [0, 0.05) is 20.1 Å². The van der Waals surface area contributed by atoms with Crippen LogP contribution in [0, 0.1) is 5.92 Å². The fraction of sp³-hybridized carbons (Fsp3) is 0.400. The third-order valence-corrected chi connectivity index (χ3v) is 3.92. The molecule has 21 heavy (non-hydrogen) atoms. The molecule has 1 aromatic heterocycles. The van der Waals surface area contributed by atoms with Crippen molar-refractivity contribution in [2.45, 2.75) is 12.8 Å². The predicted octanol–water partition coefficient (Wildman–Crippen LogP) is 1.17. The zero-order chi connectivity index (χ0) is 14.8. The van der Waals surface area contributed by atoms with E-state index >= 15 is 0 Å². The van der Waals surface area contributed by atoms with Gasteiger partial charge < -0.3 is 16.0 Å². The molecular formula is C15H19N5O. The molecule has 6 nitrogen and oxygen atoms in total. The summed E-state index contributed by atoms with van der Waals surface area (Å²) < 4.78 is 0. The van der Waals surface area contributed by atoms with Gasteiger partial charge in [-0.1, -0.05) is 12.1 Å². The number of anilines is 2. The number of hydrogen-bond donors (Lipinski definition) is 2. The van der Waals surface area contributed by atoms with Crippen molar-refractivity contribution in [1.29, 1.82) is 0 Å². The lowest BCUT2D eigenvalue weighted by Crippen LogP contribution is -2.42. The van der Waals surface area contributed by atoms with Crippen molar-refractivity contribution in [2.24, 2.45) is 5.92 Å². The molecule has 1 amide bonds. The van der Waals surface area contributed by atoms with Crippen LogP contribution >= 0.6 is 0 Å². The van der Waals surface area contributed by atoms with E-state index in [0.29, 0.717) is 18.2 Å². The van der Waals surface area contributed by atoms with Crippen molar-refractivity contribution in [3.8, 4) is 0 Å². The first kappa shape index (κ1) is 13.6. The van der Waals surface area contributed by atoms with E-state index in [1.165, 1.54) is 0 Å². The number of benzene rings is 1. The first-order chi connectivity index (χ1) is 10.2. The molecule has 0 saturated carbocycles. The van der Waals surface area contributed by atoms with Crippen LogP contribution in [0.15, 0.2) is 24.3 Å². The Morgan fingerprint density at radius 2 is 2.05 bits per heavy atom. The average molecular weight is 285 g/mol. The van der Waals surface area contributed by atoms with Crippen LogP contribution in [-0.4, -0.2) is 36.0 Å². The summed E-state index contributed by atoms with van der Waals surface area (Å²) in [5.74, 6) is 1.16. The third kappa shape index (κ3) is 2.61. The number of para-hydroxylation sites is 2. The van der Waals surface area contributed by atoms with Crippen molar-refractivity contribution in [3.05, 3.63) is 24.3 Å². The number of hydrogen-bond acceptors (Lipinski definition) is 5. The van der Waals surface area contributed by atoms with Crippen LogP contribution in [0.4, 0.5) is 11.6 Å². The molecule has 1 aliphatic heterocycles. The molecule has 0 radical (unpaired) electrons. The zero-order valence-electron chi connectivity index (χ0n) is 12.0. The van der Waals surface area contributed by atoms with Crippen molar-refractivity contribution in [2.75, 3.05) is 30.8 Å². The Balaban J connectivity index is 1.92. The van der Waals surface area contributed by atoms with Gasteiger partial charge in [-0.3, -0.25) is 4.79 Å². The largest absolute Gasteiger partial charge is 0.381 e. The highest BCUT2D eigenvalue weighted by molar-refractivity contribution is 5.81. The van der Waals surface area contributed by atoms with Gasteiger partial charge in [-0.15, -0.1) is 0 Å². The number of nitrogens with zero attached hydrogens (tertiary/aromatic N) is 3. The minimum absolute atomic E-state index is 0.0172. The summed E-state index contributed by atoms with van der Waals surface area (Å²) in [6, 6.07) is 7.66.